The summed E-state index contributed by atoms with van der Waals surface area (Å²) < 4.78 is 2.24. The van der Waals surface area contributed by atoms with Crippen molar-refractivity contribution in [3.8, 4) is 0 Å². The lowest BCUT2D eigenvalue weighted by atomic mass is 9.93. The summed E-state index contributed by atoms with van der Waals surface area (Å²) in [6.45, 7) is 7.10. The molecule has 2 aromatic rings. The Morgan fingerprint density at radius 3 is 2.64 bits per heavy atom. The molecule has 0 radical (unpaired) electrons. The van der Waals surface area contributed by atoms with Crippen molar-refractivity contribution in [2.75, 3.05) is 23.7 Å². The third-order valence-corrected chi connectivity index (χ3v) is 4.48. The van der Waals surface area contributed by atoms with Crippen molar-refractivity contribution in [1.29, 1.82) is 0 Å². The van der Waals surface area contributed by atoms with Crippen LogP contribution in [0.1, 0.15) is 30.9 Å². The first-order valence-corrected chi connectivity index (χ1v) is 7.95. The van der Waals surface area contributed by atoms with Gasteiger partial charge in [0.05, 0.1) is 0 Å². The highest BCUT2D eigenvalue weighted by atomic mass is 15.2. The van der Waals surface area contributed by atoms with Gasteiger partial charge in [-0.3, -0.25) is 0 Å². The van der Waals surface area contributed by atoms with Crippen molar-refractivity contribution in [3.63, 3.8) is 0 Å². The van der Waals surface area contributed by atoms with E-state index in [1.165, 1.54) is 19.3 Å². The van der Waals surface area contributed by atoms with Gasteiger partial charge in [-0.25, -0.2) is 15.0 Å². The number of aromatic nitrogens is 4. The van der Waals surface area contributed by atoms with Gasteiger partial charge in [-0.1, -0.05) is 0 Å². The Kier molecular flexibility index (Phi) is 4.27. The third-order valence-electron chi connectivity index (χ3n) is 4.48. The molecule has 3 rings (SSSR count). The fourth-order valence-corrected chi connectivity index (χ4v) is 3.15. The van der Waals surface area contributed by atoms with Crippen LogP contribution < -0.4 is 10.6 Å². The lowest BCUT2D eigenvalue weighted by molar-refractivity contribution is 0.359. The van der Waals surface area contributed by atoms with Crippen LogP contribution in [0.25, 0.3) is 0 Å². The van der Waals surface area contributed by atoms with E-state index in [0.717, 1.165) is 43.0 Å². The van der Waals surface area contributed by atoms with E-state index in [4.69, 9.17) is 5.73 Å². The number of nitrogens with two attached hydrogens (primary N) is 1. The number of rotatable bonds is 4. The number of piperidine rings is 1. The fourth-order valence-electron chi connectivity index (χ4n) is 3.15. The lowest BCUT2D eigenvalue weighted by Crippen LogP contribution is -2.34. The van der Waals surface area contributed by atoms with Crippen molar-refractivity contribution in [2.24, 2.45) is 5.92 Å². The Morgan fingerprint density at radius 2 is 2.00 bits per heavy atom. The van der Waals surface area contributed by atoms with Gasteiger partial charge in [-0.05, 0) is 39.0 Å². The van der Waals surface area contributed by atoms with Crippen LogP contribution in [0.2, 0.25) is 0 Å². The van der Waals surface area contributed by atoms with Crippen LogP contribution >= 0.6 is 0 Å². The predicted molar refractivity (Wildman–Crippen MR) is 87.7 cm³/mol. The Labute approximate surface area is 131 Å². The molecule has 0 aliphatic carbocycles. The molecule has 1 saturated heterocycles. The molecular formula is C16H24N6. The second-order valence-corrected chi connectivity index (χ2v) is 6.09. The maximum absolute atomic E-state index is 5.82. The predicted octanol–water partition coefficient (Wildman–Crippen LogP) is 2.18. The molecule has 118 valence electrons. The largest absolute Gasteiger partial charge is 0.384 e. The fraction of sp³-hybridized carbons (Fsp3) is 0.562. The average Bonchev–Trinajstić information content (AvgIpc) is 2.90. The Balaban J connectivity index is 1.53. The number of hydrogen-bond acceptors (Lipinski definition) is 5. The molecular weight excluding hydrogens is 276 g/mol. The van der Waals surface area contributed by atoms with E-state index in [-0.39, 0.29) is 0 Å². The van der Waals surface area contributed by atoms with E-state index < -0.39 is 0 Å². The molecule has 2 aromatic heterocycles. The summed E-state index contributed by atoms with van der Waals surface area (Å²) in [7, 11) is 0. The maximum atomic E-state index is 5.82. The maximum Gasteiger partial charge on any atom is 0.134 e. The van der Waals surface area contributed by atoms with Gasteiger partial charge >= 0.3 is 0 Å². The molecule has 2 N–H and O–H groups in total. The molecule has 22 heavy (non-hydrogen) atoms. The summed E-state index contributed by atoms with van der Waals surface area (Å²) in [6, 6.07) is 1.88. The summed E-state index contributed by atoms with van der Waals surface area (Å²) in [5.74, 6) is 4.14. The zero-order chi connectivity index (χ0) is 15.5. The van der Waals surface area contributed by atoms with Crippen LogP contribution in [-0.2, 0) is 6.54 Å². The summed E-state index contributed by atoms with van der Waals surface area (Å²) in [5.41, 5.74) is 5.82. The normalized spacial score (nSPS) is 16.2. The number of imidazole rings is 1. The third kappa shape index (κ3) is 3.37. The van der Waals surface area contributed by atoms with Gasteiger partial charge < -0.3 is 15.2 Å². The molecule has 1 fully saturated rings. The van der Waals surface area contributed by atoms with Crippen molar-refractivity contribution in [3.05, 3.63) is 30.1 Å². The molecule has 0 atom stereocenters. The Morgan fingerprint density at radius 1 is 1.23 bits per heavy atom. The van der Waals surface area contributed by atoms with Crippen LogP contribution in [-0.4, -0.2) is 32.6 Å². The molecule has 3 heterocycles. The van der Waals surface area contributed by atoms with Gasteiger partial charge in [0.25, 0.3) is 0 Å². The van der Waals surface area contributed by atoms with Crippen molar-refractivity contribution in [2.45, 2.75) is 39.7 Å². The first kappa shape index (κ1) is 14.8. The molecule has 6 nitrogen and oxygen atoms in total. The van der Waals surface area contributed by atoms with Gasteiger partial charge in [0.2, 0.25) is 0 Å². The number of nitrogen functional groups attached to an aromatic ring is 1. The second-order valence-electron chi connectivity index (χ2n) is 6.09. The highest BCUT2D eigenvalue weighted by Crippen LogP contribution is 2.25. The van der Waals surface area contributed by atoms with Gasteiger partial charge in [0.15, 0.2) is 0 Å². The molecule has 0 saturated carbocycles. The summed E-state index contributed by atoms with van der Waals surface area (Å²) >= 11 is 0. The van der Waals surface area contributed by atoms with Crippen molar-refractivity contribution >= 4 is 11.6 Å². The molecule has 1 aliphatic heterocycles. The molecule has 6 heteroatoms. The van der Waals surface area contributed by atoms with E-state index in [0.29, 0.717) is 5.82 Å². The molecule has 0 amide bonds. The molecule has 0 unspecified atom stereocenters. The van der Waals surface area contributed by atoms with Crippen LogP contribution in [0.3, 0.4) is 0 Å². The summed E-state index contributed by atoms with van der Waals surface area (Å²) in [5, 5.41) is 0. The van der Waals surface area contributed by atoms with E-state index >= 15 is 0 Å². The highest BCUT2D eigenvalue weighted by molar-refractivity contribution is 5.47. The van der Waals surface area contributed by atoms with E-state index in [9.17, 15) is 0 Å². The summed E-state index contributed by atoms with van der Waals surface area (Å²) in [6.07, 6.45) is 7.57. The Bertz CT molecular complexity index is 607. The molecule has 0 bridgehead atoms. The number of anilines is 2. The smallest absolute Gasteiger partial charge is 0.134 e. The van der Waals surface area contributed by atoms with Gasteiger partial charge in [0.1, 0.15) is 23.3 Å². The SMILES string of the molecule is Cc1nc(N)cc(N2CCC(CCn3ccnc3C)CC2)n1. The molecule has 0 aromatic carbocycles. The van der Waals surface area contributed by atoms with E-state index in [2.05, 4.69) is 37.5 Å². The lowest BCUT2D eigenvalue weighted by Gasteiger charge is -2.33. The van der Waals surface area contributed by atoms with Gasteiger partial charge in [-0.2, -0.15) is 0 Å². The monoisotopic (exact) mass is 300 g/mol. The summed E-state index contributed by atoms with van der Waals surface area (Å²) in [4.78, 5) is 15.2. The Hall–Kier alpha value is -2.11. The number of hydrogen-bond donors (Lipinski definition) is 1. The number of aryl methyl sites for hydroxylation is 3. The van der Waals surface area contributed by atoms with Crippen LogP contribution in [0.5, 0.6) is 0 Å². The minimum absolute atomic E-state index is 0.556. The zero-order valence-corrected chi connectivity index (χ0v) is 13.4. The topological polar surface area (TPSA) is 72.9 Å². The van der Waals surface area contributed by atoms with Crippen molar-refractivity contribution < 1.29 is 0 Å². The van der Waals surface area contributed by atoms with E-state index in [1.807, 2.05) is 19.2 Å². The second kappa shape index (κ2) is 6.34. The highest BCUT2D eigenvalue weighted by Gasteiger charge is 2.20. The minimum atomic E-state index is 0.556. The van der Waals surface area contributed by atoms with Gasteiger partial charge in [0, 0.05) is 38.1 Å². The average molecular weight is 300 g/mol. The van der Waals surface area contributed by atoms with Crippen LogP contribution in [0.4, 0.5) is 11.6 Å². The van der Waals surface area contributed by atoms with Gasteiger partial charge in [-0.15, -0.1) is 0 Å². The van der Waals surface area contributed by atoms with Crippen molar-refractivity contribution in [1.82, 2.24) is 19.5 Å². The zero-order valence-electron chi connectivity index (χ0n) is 13.4. The molecule has 0 spiro atoms. The quantitative estimate of drug-likeness (QED) is 0.937. The first-order chi connectivity index (χ1) is 10.6. The van der Waals surface area contributed by atoms with Crippen LogP contribution in [0.15, 0.2) is 18.5 Å². The standard InChI is InChI=1S/C16H24N6/c1-12-19-15(17)11-16(20-12)22-8-4-14(5-9-22)3-7-21-10-6-18-13(21)2/h6,10-11,14H,3-5,7-9H2,1-2H3,(H2,17,19,20). The first-order valence-electron chi connectivity index (χ1n) is 7.95. The van der Waals surface area contributed by atoms with Crippen LogP contribution in [0, 0.1) is 19.8 Å². The van der Waals surface area contributed by atoms with E-state index in [1.54, 1.807) is 0 Å². The molecule has 1 aliphatic rings. The number of nitrogens with zero attached hydrogens (tertiary/aromatic N) is 5. The minimum Gasteiger partial charge on any atom is -0.384 e.